The van der Waals surface area contributed by atoms with Gasteiger partial charge >= 0.3 is 6.09 Å². The van der Waals surface area contributed by atoms with Crippen LogP contribution in [0.1, 0.15) is 60.8 Å². The summed E-state index contributed by atoms with van der Waals surface area (Å²) in [6.07, 6.45) is 9.90. The van der Waals surface area contributed by atoms with Gasteiger partial charge in [-0.25, -0.2) is 4.79 Å². The van der Waals surface area contributed by atoms with Crippen LogP contribution in [0.5, 0.6) is 0 Å². The van der Waals surface area contributed by atoms with Crippen molar-refractivity contribution in [3.8, 4) is 24.7 Å². The van der Waals surface area contributed by atoms with Gasteiger partial charge in [0, 0.05) is 19.9 Å². The molecule has 178 valence electrons. The number of amides is 4. The molecule has 0 saturated carbocycles. The zero-order valence-electron chi connectivity index (χ0n) is 20.0. The molecule has 0 aliphatic carbocycles. The fourth-order valence-corrected chi connectivity index (χ4v) is 2.81. The average molecular weight is 449 g/mol. The smallest absolute Gasteiger partial charge is 0.408 e. The second kappa shape index (κ2) is 12.6. The van der Waals surface area contributed by atoms with Crippen LogP contribution >= 0.6 is 0 Å². The van der Waals surface area contributed by atoms with Crippen molar-refractivity contribution in [3.63, 3.8) is 0 Å². The molecule has 0 aliphatic rings. The zero-order valence-corrected chi connectivity index (χ0v) is 20.0. The van der Waals surface area contributed by atoms with Gasteiger partial charge in [-0.3, -0.25) is 14.4 Å². The van der Waals surface area contributed by atoms with Crippen molar-refractivity contribution >= 4 is 23.8 Å². The predicted molar refractivity (Wildman–Crippen MR) is 122 cm³/mol. The fraction of sp³-hybridized carbons (Fsp3) is 0.652. The Labute approximate surface area is 191 Å². The number of ether oxygens (including phenoxy) is 1. The summed E-state index contributed by atoms with van der Waals surface area (Å²) in [7, 11) is 1.45. The van der Waals surface area contributed by atoms with Crippen molar-refractivity contribution in [1.82, 2.24) is 21.3 Å². The van der Waals surface area contributed by atoms with Gasteiger partial charge in [0.1, 0.15) is 23.2 Å². The van der Waals surface area contributed by atoms with Gasteiger partial charge in [-0.1, -0.05) is 13.8 Å². The molecule has 0 rings (SSSR count). The van der Waals surface area contributed by atoms with Crippen LogP contribution in [-0.2, 0) is 19.1 Å². The number of hydrogen-bond acceptors (Lipinski definition) is 5. The largest absolute Gasteiger partial charge is 0.444 e. The summed E-state index contributed by atoms with van der Waals surface area (Å²) in [5.41, 5.74) is -2.48. The molecule has 0 radical (unpaired) electrons. The standard InChI is InChI=1S/C23H36N4O5/c1-10-12-23(13-11-2,27-21(31)32-22(6,7)8)20(30)26-17(14-15(3)4)19(29)25-16(5)18(28)24-9/h1-2,15-17H,12-14H2,3-9H3,(H,24,28)(H,25,29)(H,26,30)(H,27,31)/t16-,17+/m0/s1. The minimum absolute atomic E-state index is 0.0369. The summed E-state index contributed by atoms with van der Waals surface area (Å²) in [5, 5.41) is 10.2. The van der Waals surface area contributed by atoms with E-state index in [1.165, 1.54) is 14.0 Å². The van der Waals surface area contributed by atoms with E-state index in [9.17, 15) is 19.2 Å². The number of rotatable bonds is 10. The van der Waals surface area contributed by atoms with E-state index in [0.717, 1.165) is 0 Å². The monoisotopic (exact) mass is 448 g/mol. The van der Waals surface area contributed by atoms with Gasteiger partial charge in [-0.15, -0.1) is 24.7 Å². The molecule has 32 heavy (non-hydrogen) atoms. The number of carbonyl (C=O) groups is 4. The minimum Gasteiger partial charge on any atom is -0.444 e. The van der Waals surface area contributed by atoms with Crippen LogP contribution in [0.15, 0.2) is 0 Å². The maximum atomic E-state index is 13.3. The Hall–Kier alpha value is -3.20. The lowest BCUT2D eigenvalue weighted by Gasteiger charge is -2.33. The van der Waals surface area contributed by atoms with Gasteiger partial charge in [-0.05, 0) is 40.0 Å². The molecule has 0 saturated heterocycles. The third-order valence-electron chi connectivity index (χ3n) is 4.31. The molecule has 0 heterocycles. The number of nitrogens with one attached hydrogen (secondary N) is 4. The first-order valence-electron chi connectivity index (χ1n) is 10.4. The summed E-state index contributed by atoms with van der Waals surface area (Å²) >= 11 is 0. The number of likely N-dealkylation sites (N-methyl/N-ethyl adjacent to an activating group) is 1. The lowest BCUT2D eigenvalue weighted by molar-refractivity contribution is -0.134. The lowest BCUT2D eigenvalue weighted by atomic mass is 9.89. The molecule has 0 fully saturated rings. The topological polar surface area (TPSA) is 126 Å². The van der Waals surface area contributed by atoms with E-state index in [4.69, 9.17) is 17.6 Å². The number of terminal acetylenes is 2. The number of alkyl carbamates (subject to hydrolysis) is 1. The first-order valence-corrected chi connectivity index (χ1v) is 10.4. The Morgan fingerprint density at radius 2 is 1.47 bits per heavy atom. The van der Waals surface area contributed by atoms with Gasteiger partial charge in [0.2, 0.25) is 17.7 Å². The number of carbonyl (C=O) groups excluding carboxylic acids is 4. The van der Waals surface area contributed by atoms with Crippen LogP contribution < -0.4 is 21.3 Å². The highest BCUT2D eigenvalue weighted by Gasteiger charge is 2.42. The molecule has 0 aromatic carbocycles. The van der Waals surface area contributed by atoms with E-state index in [2.05, 4.69) is 33.1 Å². The maximum absolute atomic E-state index is 13.3. The highest BCUT2D eigenvalue weighted by atomic mass is 16.6. The van der Waals surface area contributed by atoms with Crippen LogP contribution in [-0.4, -0.2) is 54.1 Å². The Morgan fingerprint density at radius 3 is 1.88 bits per heavy atom. The van der Waals surface area contributed by atoms with Gasteiger partial charge in [0.05, 0.1) is 0 Å². The summed E-state index contributed by atoms with van der Waals surface area (Å²) in [6.45, 7) is 10.3. The van der Waals surface area contributed by atoms with Crippen LogP contribution in [0, 0.1) is 30.6 Å². The van der Waals surface area contributed by atoms with Crippen molar-refractivity contribution < 1.29 is 23.9 Å². The third-order valence-corrected chi connectivity index (χ3v) is 4.31. The molecule has 9 heteroatoms. The molecule has 0 bridgehead atoms. The second-order valence-corrected chi connectivity index (χ2v) is 8.97. The fourth-order valence-electron chi connectivity index (χ4n) is 2.81. The predicted octanol–water partition coefficient (Wildman–Crippen LogP) is 1.08. The molecule has 9 nitrogen and oxygen atoms in total. The van der Waals surface area contributed by atoms with Crippen molar-refractivity contribution in [3.05, 3.63) is 0 Å². The summed E-state index contributed by atoms with van der Waals surface area (Å²) in [5.74, 6) is 3.12. The summed E-state index contributed by atoms with van der Waals surface area (Å²) in [6, 6.07) is -1.79. The van der Waals surface area contributed by atoms with E-state index in [1.807, 2.05) is 13.8 Å². The summed E-state index contributed by atoms with van der Waals surface area (Å²) < 4.78 is 5.25. The van der Waals surface area contributed by atoms with Crippen LogP contribution in [0.3, 0.4) is 0 Å². The highest BCUT2D eigenvalue weighted by Crippen LogP contribution is 2.19. The van der Waals surface area contributed by atoms with Gasteiger partial charge in [-0.2, -0.15) is 0 Å². The first kappa shape index (κ1) is 28.8. The highest BCUT2D eigenvalue weighted by molar-refractivity contribution is 5.96. The van der Waals surface area contributed by atoms with Crippen molar-refractivity contribution in [1.29, 1.82) is 0 Å². The normalized spacial score (nSPS) is 13.1. The molecular weight excluding hydrogens is 412 g/mol. The first-order chi connectivity index (χ1) is 14.7. The Morgan fingerprint density at radius 1 is 0.938 bits per heavy atom. The van der Waals surface area contributed by atoms with E-state index in [-0.39, 0.29) is 31.1 Å². The van der Waals surface area contributed by atoms with E-state index in [1.54, 1.807) is 20.8 Å². The SMILES string of the molecule is C#CCC(CC#C)(NC(=O)OC(C)(C)C)C(=O)N[C@H](CC(C)C)C(=O)N[C@@H](C)C(=O)NC. The van der Waals surface area contributed by atoms with Gasteiger partial charge in [0.25, 0.3) is 0 Å². The van der Waals surface area contributed by atoms with Crippen molar-refractivity contribution in [2.75, 3.05) is 7.05 Å². The third kappa shape index (κ3) is 9.74. The molecule has 4 N–H and O–H groups in total. The van der Waals surface area contributed by atoms with Gasteiger partial charge in [0.15, 0.2) is 0 Å². The Kier molecular flexibility index (Phi) is 11.3. The Bertz CT molecular complexity index is 755. The summed E-state index contributed by atoms with van der Waals surface area (Å²) in [4.78, 5) is 50.3. The maximum Gasteiger partial charge on any atom is 0.408 e. The minimum atomic E-state index is -1.67. The molecule has 0 aliphatic heterocycles. The molecule has 0 aromatic heterocycles. The zero-order chi connectivity index (χ0) is 25.1. The molecule has 0 unspecified atom stereocenters. The molecule has 0 spiro atoms. The van der Waals surface area contributed by atoms with E-state index >= 15 is 0 Å². The van der Waals surface area contributed by atoms with Crippen molar-refractivity contribution in [2.24, 2.45) is 5.92 Å². The van der Waals surface area contributed by atoms with Crippen LogP contribution in [0.4, 0.5) is 4.79 Å². The molecule has 0 aromatic rings. The van der Waals surface area contributed by atoms with E-state index < -0.39 is 41.1 Å². The quantitative estimate of drug-likeness (QED) is 0.372. The average Bonchev–Trinajstić information content (AvgIpc) is 2.64. The second-order valence-electron chi connectivity index (χ2n) is 8.97. The van der Waals surface area contributed by atoms with Crippen LogP contribution in [0.2, 0.25) is 0 Å². The van der Waals surface area contributed by atoms with Crippen LogP contribution in [0.25, 0.3) is 0 Å². The molecule has 4 amide bonds. The lowest BCUT2D eigenvalue weighted by Crippen LogP contribution is -2.63. The number of hydrogen-bond donors (Lipinski definition) is 4. The van der Waals surface area contributed by atoms with E-state index in [0.29, 0.717) is 0 Å². The van der Waals surface area contributed by atoms with Crippen molar-refractivity contribution in [2.45, 2.75) is 84.0 Å². The molecule has 2 atom stereocenters. The molecular formula is C23H36N4O5. The van der Waals surface area contributed by atoms with Gasteiger partial charge < -0.3 is 26.0 Å². The Balaban J connectivity index is 5.84.